The van der Waals surface area contributed by atoms with Gasteiger partial charge in [-0.25, -0.2) is 0 Å². The molecule has 1 fully saturated rings. The molecule has 1 aliphatic heterocycles. The van der Waals surface area contributed by atoms with Crippen LogP contribution in [0.5, 0.6) is 0 Å². The number of rotatable bonds is 3. The predicted molar refractivity (Wildman–Crippen MR) is 82.7 cm³/mol. The van der Waals surface area contributed by atoms with Crippen LogP contribution in [0.1, 0.15) is 49.0 Å². The Hall–Kier alpha value is -1.35. The third-order valence-electron chi connectivity index (χ3n) is 4.23. The highest BCUT2D eigenvalue weighted by molar-refractivity contribution is 5.94. The summed E-state index contributed by atoms with van der Waals surface area (Å²) in [5, 5.41) is 0. The molecule has 110 valence electrons. The van der Waals surface area contributed by atoms with E-state index in [-0.39, 0.29) is 5.91 Å². The molecule has 0 atom stereocenters. The Morgan fingerprint density at radius 1 is 1.30 bits per heavy atom. The van der Waals surface area contributed by atoms with Gasteiger partial charge in [-0.2, -0.15) is 0 Å². The highest BCUT2D eigenvalue weighted by Crippen LogP contribution is 2.30. The first kappa shape index (κ1) is 15.0. The molecule has 0 radical (unpaired) electrons. The van der Waals surface area contributed by atoms with E-state index in [0.717, 1.165) is 43.5 Å². The number of carbonyl (C=O) groups excluding carboxylic acids is 1. The Kier molecular flexibility index (Phi) is 4.81. The first-order valence-corrected chi connectivity index (χ1v) is 7.60. The molecular formula is C17H26N2O. The summed E-state index contributed by atoms with van der Waals surface area (Å²) in [5.74, 6) is 0.168. The summed E-state index contributed by atoms with van der Waals surface area (Å²) >= 11 is 0. The molecule has 1 saturated heterocycles. The van der Waals surface area contributed by atoms with Gasteiger partial charge in [0.05, 0.1) is 0 Å². The van der Waals surface area contributed by atoms with Gasteiger partial charge in [0.15, 0.2) is 0 Å². The van der Waals surface area contributed by atoms with Crippen LogP contribution >= 0.6 is 0 Å². The molecule has 1 heterocycles. The average Bonchev–Trinajstić information content (AvgIpc) is 2.60. The normalized spacial score (nSPS) is 18.6. The molecule has 0 bridgehead atoms. The summed E-state index contributed by atoms with van der Waals surface area (Å²) in [6.07, 6.45) is 4.21. The SMILES string of the molecule is CC1(C)CCCN(C(=O)c2cccc(CCN)c2)CC1. The standard InChI is InChI=1S/C17H26N2O/c1-17(2)8-4-11-19(12-9-17)16(20)15-6-3-5-14(13-15)7-10-18/h3,5-6,13H,4,7-12,18H2,1-2H3. The zero-order valence-electron chi connectivity index (χ0n) is 12.7. The minimum absolute atomic E-state index is 0.168. The van der Waals surface area contributed by atoms with Crippen molar-refractivity contribution in [1.82, 2.24) is 4.90 Å². The summed E-state index contributed by atoms with van der Waals surface area (Å²) in [6, 6.07) is 7.90. The Morgan fingerprint density at radius 2 is 2.10 bits per heavy atom. The van der Waals surface area contributed by atoms with E-state index in [1.54, 1.807) is 0 Å². The van der Waals surface area contributed by atoms with E-state index in [4.69, 9.17) is 5.73 Å². The third kappa shape index (κ3) is 3.83. The van der Waals surface area contributed by atoms with Gasteiger partial charge in [-0.05, 0) is 55.3 Å². The molecular weight excluding hydrogens is 248 g/mol. The van der Waals surface area contributed by atoms with Crippen LogP contribution in [0.25, 0.3) is 0 Å². The predicted octanol–water partition coefficient (Wildman–Crippen LogP) is 2.84. The van der Waals surface area contributed by atoms with Gasteiger partial charge in [0.25, 0.3) is 5.91 Å². The molecule has 1 aliphatic rings. The lowest BCUT2D eigenvalue weighted by Crippen LogP contribution is -2.32. The second-order valence-electron chi connectivity index (χ2n) is 6.55. The van der Waals surface area contributed by atoms with E-state index in [9.17, 15) is 4.79 Å². The molecule has 1 aromatic carbocycles. The second kappa shape index (κ2) is 6.40. The molecule has 2 N–H and O–H groups in total. The van der Waals surface area contributed by atoms with Gasteiger partial charge in [-0.1, -0.05) is 26.0 Å². The van der Waals surface area contributed by atoms with Crippen molar-refractivity contribution < 1.29 is 4.79 Å². The highest BCUT2D eigenvalue weighted by Gasteiger charge is 2.25. The number of nitrogens with zero attached hydrogens (tertiary/aromatic N) is 1. The number of benzene rings is 1. The summed E-state index contributed by atoms with van der Waals surface area (Å²) < 4.78 is 0. The second-order valence-corrected chi connectivity index (χ2v) is 6.55. The molecule has 3 heteroatoms. The monoisotopic (exact) mass is 274 g/mol. The van der Waals surface area contributed by atoms with E-state index in [1.807, 2.05) is 29.2 Å². The molecule has 2 rings (SSSR count). The topological polar surface area (TPSA) is 46.3 Å². The summed E-state index contributed by atoms with van der Waals surface area (Å²) in [4.78, 5) is 14.6. The van der Waals surface area contributed by atoms with Gasteiger partial charge in [0, 0.05) is 18.7 Å². The van der Waals surface area contributed by atoms with Gasteiger partial charge in [-0.3, -0.25) is 4.79 Å². The molecule has 0 aromatic heterocycles. The Bertz CT molecular complexity index is 468. The molecule has 20 heavy (non-hydrogen) atoms. The molecule has 0 aliphatic carbocycles. The number of hydrogen-bond donors (Lipinski definition) is 1. The maximum atomic E-state index is 12.6. The zero-order valence-corrected chi connectivity index (χ0v) is 12.7. The lowest BCUT2D eigenvalue weighted by molar-refractivity contribution is 0.0757. The summed E-state index contributed by atoms with van der Waals surface area (Å²) in [6.45, 7) is 6.96. The van der Waals surface area contributed by atoms with E-state index in [2.05, 4.69) is 13.8 Å². The smallest absolute Gasteiger partial charge is 0.253 e. The number of carbonyl (C=O) groups is 1. The van der Waals surface area contributed by atoms with Crippen molar-refractivity contribution in [2.24, 2.45) is 11.1 Å². The maximum absolute atomic E-state index is 12.6. The van der Waals surface area contributed by atoms with Gasteiger partial charge in [-0.15, -0.1) is 0 Å². The van der Waals surface area contributed by atoms with Crippen molar-refractivity contribution in [3.63, 3.8) is 0 Å². The van der Waals surface area contributed by atoms with Crippen LogP contribution in [-0.4, -0.2) is 30.4 Å². The van der Waals surface area contributed by atoms with Crippen molar-refractivity contribution in [2.45, 2.75) is 39.5 Å². The molecule has 1 aromatic rings. The Labute approximate surface area is 122 Å². The zero-order chi connectivity index (χ0) is 14.6. The average molecular weight is 274 g/mol. The van der Waals surface area contributed by atoms with Crippen molar-refractivity contribution in [1.29, 1.82) is 0 Å². The van der Waals surface area contributed by atoms with Crippen LogP contribution in [0.2, 0.25) is 0 Å². The van der Waals surface area contributed by atoms with Crippen molar-refractivity contribution in [3.8, 4) is 0 Å². The first-order chi connectivity index (χ1) is 9.52. The fourth-order valence-corrected chi connectivity index (χ4v) is 2.84. The van der Waals surface area contributed by atoms with Crippen molar-refractivity contribution in [2.75, 3.05) is 19.6 Å². The summed E-state index contributed by atoms with van der Waals surface area (Å²) in [7, 11) is 0. The minimum Gasteiger partial charge on any atom is -0.339 e. The molecule has 0 unspecified atom stereocenters. The lowest BCUT2D eigenvalue weighted by Gasteiger charge is -2.23. The van der Waals surface area contributed by atoms with Crippen LogP contribution in [0, 0.1) is 5.41 Å². The van der Waals surface area contributed by atoms with Gasteiger partial charge in [0.1, 0.15) is 0 Å². The van der Waals surface area contributed by atoms with E-state index < -0.39 is 0 Å². The Balaban J connectivity index is 2.08. The van der Waals surface area contributed by atoms with Crippen molar-refractivity contribution in [3.05, 3.63) is 35.4 Å². The molecule has 0 saturated carbocycles. The van der Waals surface area contributed by atoms with Gasteiger partial charge < -0.3 is 10.6 Å². The largest absolute Gasteiger partial charge is 0.339 e. The van der Waals surface area contributed by atoms with Crippen LogP contribution in [-0.2, 0) is 6.42 Å². The van der Waals surface area contributed by atoms with Crippen LogP contribution in [0.4, 0.5) is 0 Å². The van der Waals surface area contributed by atoms with Crippen molar-refractivity contribution >= 4 is 5.91 Å². The molecule has 3 nitrogen and oxygen atoms in total. The van der Waals surface area contributed by atoms with Crippen LogP contribution in [0.3, 0.4) is 0 Å². The Morgan fingerprint density at radius 3 is 2.85 bits per heavy atom. The number of nitrogens with two attached hydrogens (primary N) is 1. The minimum atomic E-state index is 0.168. The third-order valence-corrected chi connectivity index (χ3v) is 4.23. The fourth-order valence-electron chi connectivity index (χ4n) is 2.84. The van der Waals surface area contributed by atoms with E-state index in [1.165, 1.54) is 6.42 Å². The molecule has 1 amide bonds. The number of hydrogen-bond acceptors (Lipinski definition) is 2. The van der Waals surface area contributed by atoms with E-state index >= 15 is 0 Å². The van der Waals surface area contributed by atoms with Gasteiger partial charge >= 0.3 is 0 Å². The summed E-state index contributed by atoms with van der Waals surface area (Å²) in [5.41, 5.74) is 7.89. The lowest BCUT2D eigenvalue weighted by atomic mass is 9.85. The number of amides is 1. The number of likely N-dealkylation sites (tertiary alicyclic amines) is 1. The molecule has 0 spiro atoms. The quantitative estimate of drug-likeness (QED) is 0.921. The van der Waals surface area contributed by atoms with Gasteiger partial charge in [0.2, 0.25) is 0 Å². The first-order valence-electron chi connectivity index (χ1n) is 7.60. The fraction of sp³-hybridized carbons (Fsp3) is 0.588. The van der Waals surface area contributed by atoms with Crippen LogP contribution < -0.4 is 5.73 Å². The highest BCUT2D eigenvalue weighted by atomic mass is 16.2. The van der Waals surface area contributed by atoms with Crippen LogP contribution in [0.15, 0.2) is 24.3 Å². The van der Waals surface area contributed by atoms with E-state index in [0.29, 0.717) is 12.0 Å². The maximum Gasteiger partial charge on any atom is 0.253 e.